The van der Waals surface area contributed by atoms with Gasteiger partial charge in [0.25, 0.3) is 17.5 Å². The van der Waals surface area contributed by atoms with E-state index in [2.05, 4.69) is 31.9 Å². The van der Waals surface area contributed by atoms with Crippen LogP contribution in [0.15, 0.2) is 142 Å². The molecule has 0 fully saturated rings. The molecule has 0 bridgehead atoms. The van der Waals surface area contributed by atoms with Crippen LogP contribution in [0.5, 0.6) is 0 Å². The van der Waals surface area contributed by atoms with Gasteiger partial charge in [0.05, 0.1) is 16.2 Å². The maximum absolute atomic E-state index is 14.5. The predicted molar refractivity (Wildman–Crippen MR) is 188 cm³/mol. The zero-order valence-corrected chi connectivity index (χ0v) is 27.3. The lowest BCUT2D eigenvalue weighted by molar-refractivity contribution is -0.385. The van der Waals surface area contributed by atoms with E-state index in [1.54, 1.807) is 91.0 Å². The minimum absolute atomic E-state index is 0.0480. The number of amides is 3. The summed E-state index contributed by atoms with van der Waals surface area (Å²) >= 11 is 4.45. The number of benzene rings is 5. The number of hydrogen-bond donors (Lipinski definition) is 3. The summed E-state index contributed by atoms with van der Waals surface area (Å²) in [4.78, 5) is 51.5. The highest BCUT2D eigenvalue weighted by atomic mass is 79.9. The smallest absolute Gasteiger partial charge is 0.276 e. The number of halogens is 2. The van der Waals surface area contributed by atoms with Gasteiger partial charge in [-0.15, -0.1) is 11.8 Å². The van der Waals surface area contributed by atoms with Crippen molar-refractivity contribution in [3.8, 4) is 0 Å². The molecule has 0 saturated heterocycles. The molecule has 3 N–H and O–H groups in total. The fraction of sp³-hybridized carbons (Fsp3) is 0.0278. The largest absolute Gasteiger partial charge is 0.322 e. The molecular formula is C36H26BrFN4O5S. The first-order valence-corrected chi connectivity index (χ1v) is 16.1. The van der Waals surface area contributed by atoms with Gasteiger partial charge in [-0.2, -0.15) is 0 Å². The van der Waals surface area contributed by atoms with Gasteiger partial charge in [0.15, 0.2) is 0 Å². The molecule has 240 valence electrons. The standard InChI is InChI=1S/C36H26BrFN4O5S/c37-26-15-20-30(29(38)22-26)40-36(45)33(23-9-3-1-4-10-23)48-28-18-16-27(17-19-28)39-35(44)31(41-34(43)24-11-5-2-6-12-24)21-25-13-7-8-14-32(25)42(46)47/h1-22,33H,(H,39,44)(H,40,45)(H,41,43)/b31-21-. The summed E-state index contributed by atoms with van der Waals surface area (Å²) in [7, 11) is 0. The fourth-order valence-electron chi connectivity index (χ4n) is 4.52. The van der Waals surface area contributed by atoms with Crippen molar-refractivity contribution >= 4 is 68.6 Å². The maximum Gasteiger partial charge on any atom is 0.276 e. The summed E-state index contributed by atoms with van der Waals surface area (Å²) in [5.74, 6) is -2.29. The van der Waals surface area contributed by atoms with Gasteiger partial charge in [0, 0.05) is 26.7 Å². The second-order valence-corrected chi connectivity index (χ2v) is 12.3. The lowest BCUT2D eigenvalue weighted by Crippen LogP contribution is -2.30. The van der Waals surface area contributed by atoms with E-state index < -0.39 is 33.7 Å². The highest BCUT2D eigenvalue weighted by Gasteiger charge is 2.24. The first-order chi connectivity index (χ1) is 23.2. The monoisotopic (exact) mass is 724 g/mol. The molecule has 0 saturated carbocycles. The Hall–Kier alpha value is -5.59. The second-order valence-electron chi connectivity index (χ2n) is 10.2. The number of nitrogens with zero attached hydrogens (tertiary/aromatic N) is 1. The zero-order valence-electron chi connectivity index (χ0n) is 24.9. The number of nitrogens with one attached hydrogen (secondary N) is 3. The quantitative estimate of drug-likeness (QED) is 0.0543. The van der Waals surface area contributed by atoms with E-state index in [-0.39, 0.29) is 22.6 Å². The summed E-state index contributed by atoms with van der Waals surface area (Å²) in [6.45, 7) is 0. The van der Waals surface area contributed by atoms with Crippen molar-refractivity contribution in [2.45, 2.75) is 10.1 Å². The molecule has 0 aliphatic rings. The van der Waals surface area contributed by atoms with Crippen LogP contribution in [0.4, 0.5) is 21.5 Å². The Morgan fingerprint density at radius 1 is 0.812 bits per heavy atom. The number of anilines is 2. The third-order valence-electron chi connectivity index (χ3n) is 6.86. The Bertz CT molecular complexity index is 1990. The lowest BCUT2D eigenvalue weighted by atomic mass is 10.1. The molecule has 1 unspecified atom stereocenters. The first-order valence-electron chi connectivity index (χ1n) is 14.4. The number of rotatable bonds is 11. The number of carbonyl (C=O) groups is 3. The molecule has 48 heavy (non-hydrogen) atoms. The van der Waals surface area contributed by atoms with Crippen molar-refractivity contribution in [2.75, 3.05) is 10.6 Å². The third kappa shape index (κ3) is 8.81. The topological polar surface area (TPSA) is 130 Å². The summed E-state index contributed by atoms with van der Waals surface area (Å²) in [6.07, 6.45) is 1.25. The Balaban J connectivity index is 1.36. The van der Waals surface area contributed by atoms with Crippen LogP contribution in [0.1, 0.15) is 26.7 Å². The SMILES string of the molecule is O=C(Nc1ccc(SC(C(=O)Nc2ccc(Br)cc2F)c2ccccc2)cc1)/C(=C/c1ccccc1[N+](=O)[O-])NC(=O)c1ccccc1. The van der Waals surface area contributed by atoms with Gasteiger partial charge in [-0.3, -0.25) is 24.5 Å². The van der Waals surface area contributed by atoms with Crippen molar-refractivity contribution in [1.29, 1.82) is 0 Å². The number of nitro groups is 1. The van der Waals surface area contributed by atoms with Crippen molar-refractivity contribution in [3.05, 3.63) is 170 Å². The molecule has 5 aromatic rings. The van der Waals surface area contributed by atoms with E-state index >= 15 is 0 Å². The highest BCUT2D eigenvalue weighted by molar-refractivity contribution is 9.10. The minimum atomic E-state index is -0.737. The van der Waals surface area contributed by atoms with Crippen molar-refractivity contribution in [3.63, 3.8) is 0 Å². The highest BCUT2D eigenvalue weighted by Crippen LogP contribution is 2.37. The zero-order chi connectivity index (χ0) is 34.0. The number of nitro benzene ring substituents is 1. The number of para-hydroxylation sites is 1. The van der Waals surface area contributed by atoms with Crippen LogP contribution in [-0.2, 0) is 9.59 Å². The molecular weight excluding hydrogens is 699 g/mol. The molecule has 0 radical (unpaired) electrons. The average molecular weight is 726 g/mol. The van der Waals surface area contributed by atoms with E-state index in [0.29, 0.717) is 26.2 Å². The van der Waals surface area contributed by atoms with Crippen LogP contribution in [0.25, 0.3) is 6.08 Å². The van der Waals surface area contributed by atoms with Crippen LogP contribution in [0.3, 0.4) is 0 Å². The summed E-state index contributed by atoms with van der Waals surface area (Å²) in [5, 5.41) is 18.8. The molecule has 5 rings (SSSR count). The van der Waals surface area contributed by atoms with Crippen LogP contribution in [0.2, 0.25) is 0 Å². The van der Waals surface area contributed by atoms with Gasteiger partial charge in [-0.25, -0.2) is 4.39 Å². The molecule has 0 heterocycles. The van der Waals surface area contributed by atoms with E-state index in [0.717, 1.165) is 0 Å². The van der Waals surface area contributed by atoms with Crippen LogP contribution in [-0.4, -0.2) is 22.6 Å². The lowest BCUT2D eigenvalue weighted by Gasteiger charge is -2.18. The predicted octanol–water partition coefficient (Wildman–Crippen LogP) is 8.38. The second kappa shape index (κ2) is 15.8. The molecule has 0 aliphatic carbocycles. The summed E-state index contributed by atoms with van der Waals surface area (Å²) in [6, 6.07) is 34.2. The van der Waals surface area contributed by atoms with E-state index in [4.69, 9.17) is 0 Å². The Labute approximate surface area is 287 Å². The molecule has 0 aliphatic heterocycles. The van der Waals surface area contributed by atoms with E-state index in [1.165, 1.54) is 48.2 Å². The van der Waals surface area contributed by atoms with Gasteiger partial charge in [-0.05, 0) is 72.3 Å². The first kappa shape index (κ1) is 33.8. The average Bonchev–Trinajstić information content (AvgIpc) is 3.09. The summed E-state index contributed by atoms with van der Waals surface area (Å²) < 4.78 is 15.0. The molecule has 1 atom stereocenters. The molecule has 3 amide bonds. The number of carbonyl (C=O) groups excluding carboxylic acids is 3. The van der Waals surface area contributed by atoms with Gasteiger partial charge in [-0.1, -0.05) is 76.6 Å². The van der Waals surface area contributed by atoms with Crippen LogP contribution in [0, 0.1) is 15.9 Å². The van der Waals surface area contributed by atoms with Gasteiger partial charge >= 0.3 is 0 Å². The summed E-state index contributed by atoms with van der Waals surface area (Å²) in [5.41, 5.74) is 1.08. The van der Waals surface area contributed by atoms with Crippen molar-refractivity contribution in [1.82, 2.24) is 5.32 Å². The minimum Gasteiger partial charge on any atom is -0.322 e. The molecule has 0 aromatic heterocycles. The molecule has 5 aromatic carbocycles. The molecule has 0 spiro atoms. The Morgan fingerprint density at radius 3 is 2.12 bits per heavy atom. The maximum atomic E-state index is 14.5. The fourth-order valence-corrected chi connectivity index (χ4v) is 5.87. The van der Waals surface area contributed by atoms with Crippen LogP contribution < -0.4 is 16.0 Å². The van der Waals surface area contributed by atoms with Crippen molar-refractivity contribution < 1.29 is 23.7 Å². The number of thioether (sulfide) groups is 1. The molecule has 9 nitrogen and oxygen atoms in total. The molecule has 12 heteroatoms. The van der Waals surface area contributed by atoms with Crippen LogP contribution >= 0.6 is 27.7 Å². The third-order valence-corrected chi connectivity index (χ3v) is 8.62. The van der Waals surface area contributed by atoms with Gasteiger partial charge in [0.2, 0.25) is 5.91 Å². The van der Waals surface area contributed by atoms with Gasteiger partial charge in [0.1, 0.15) is 16.8 Å². The Morgan fingerprint density at radius 2 is 1.46 bits per heavy atom. The van der Waals surface area contributed by atoms with Crippen molar-refractivity contribution in [2.24, 2.45) is 0 Å². The van der Waals surface area contributed by atoms with E-state index in [9.17, 15) is 28.9 Å². The Kier molecular flexibility index (Phi) is 11.1. The number of hydrogen-bond acceptors (Lipinski definition) is 6. The van der Waals surface area contributed by atoms with Gasteiger partial charge < -0.3 is 16.0 Å². The van der Waals surface area contributed by atoms with E-state index in [1.807, 2.05) is 6.07 Å². The normalized spacial score (nSPS) is 11.7.